The molecule has 0 saturated carbocycles. The van der Waals surface area contributed by atoms with E-state index in [9.17, 15) is 4.79 Å². The van der Waals surface area contributed by atoms with Crippen LogP contribution in [0, 0.1) is 0 Å². The van der Waals surface area contributed by atoms with Gasteiger partial charge < -0.3 is 4.74 Å². The van der Waals surface area contributed by atoms with Crippen molar-refractivity contribution in [2.45, 2.75) is 57.7 Å². The van der Waals surface area contributed by atoms with Gasteiger partial charge in [0.15, 0.2) is 0 Å². The van der Waals surface area contributed by atoms with Crippen molar-refractivity contribution in [2.75, 3.05) is 13.2 Å². The van der Waals surface area contributed by atoms with Gasteiger partial charge in [0.2, 0.25) is 0 Å². The van der Waals surface area contributed by atoms with Gasteiger partial charge in [-0.1, -0.05) is 13.8 Å². The van der Waals surface area contributed by atoms with Crippen LogP contribution in [-0.4, -0.2) is 42.0 Å². The summed E-state index contributed by atoms with van der Waals surface area (Å²) in [7, 11) is 0. The third kappa shape index (κ3) is 2.08. The van der Waals surface area contributed by atoms with E-state index in [1.165, 1.54) is 12.8 Å². The lowest BCUT2D eigenvalue weighted by molar-refractivity contribution is -0.140. The maximum atomic E-state index is 11.5. The predicted molar refractivity (Wildman–Crippen MR) is 58.8 cm³/mol. The number of hydrogen-bond donors (Lipinski definition) is 0. The van der Waals surface area contributed by atoms with Crippen molar-refractivity contribution in [3.05, 3.63) is 0 Å². The highest BCUT2D eigenvalue weighted by Gasteiger charge is 2.40. The summed E-state index contributed by atoms with van der Waals surface area (Å²) >= 11 is 0. The van der Waals surface area contributed by atoms with Gasteiger partial charge in [0, 0.05) is 31.0 Å². The molecule has 3 heteroatoms. The van der Waals surface area contributed by atoms with E-state index in [0.29, 0.717) is 36.8 Å². The molecule has 0 spiro atoms. The van der Waals surface area contributed by atoms with Crippen LogP contribution in [0.4, 0.5) is 0 Å². The number of carbonyl (C=O) groups excluding carboxylic acids is 1. The standard InChI is InChI=1S/C12H21NO2/c1-3-9(4-2)13-10-5-12(14)6-11(13)8-15-7-10/h9-11H,3-8H2,1-2H3. The second-order valence-electron chi connectivity index (χ2n) is 4.71. The van der Waals surface area contributed by atoms with Gasteiger partial charge in [0.05, 0.1) is 13.2 Å². The molecule has 86 valence electrons. The van der Waals surface area contributed by atoms with Gasteiger partial charge in [-0.25, -0.2) is 0 Å². The predicted octanol–water partition coefficient (Wildman–Crippen LogP) is 1.61. The van der Waals surface area contributed by atoms with Crippen LogP contribution >= 0.6 is 0 Å². The van der Waals surface area contributed by atoms with E-state index in [1.807, 2.05) is 0 Å². The Labute approximate surface area is 91.8 Å². The van der Waals surface area contributed by atoms with Gasteiger partial charge in [0.1, 0.15) is 5.78 Å². The van der Waals surface area contributed by atoms with Crippen molar-refractivity contribution in [3.63, 3.8) is 0 Å². The van der Waals surface area contributed by atoms with Crippen LogP contribution in [0.1, 0.15) is 39.5 Å². The van der Waals surface area contributed by atoms with E-state index < -0.39 is 0 Å². The summed E-state index contributed by atoms with van der Waals surface area (Å²) in [5.74, 6) is 0.426. The first-order valence-corrected chi connectivity index (χ1v) is 6.13. The Morgan fingerprint density at radius 2 is 1.80 bits per heavy atom. The Bertz CT molecular complexity index is 222. The molecule has 2 fully saturated rings. The fraction of sp³-hybridized carbons (Fsp3) is 0.917. The van der Waals surface area contributed by atoms with Crippen molar-refractivity contribution < 1.29 is 9.53 Å². The first-order valence-electron chi connectivity index (χ1n) is 6.13. The lowest BCUT2D eigenvalue weighted by Gasteiger charge is -2.48. The van der Waals surface area contributed by atoms with Crippen LogP contribution in [0.25, 0.3) is 0 Å². The van der Waals surface area contributed by atoms with Crippen LogP contribution < -0.4 is 0 Å². The molecule has 2 rings (SSSR count). The molecular weight excluding hydrogens is 190 g/mol. The molecule has 2 aliphatic heterocycles. The molecule has 15 heavy (non-hydrogen) atoms. The molecule has 2 saturated heterocycles. The summed E-state index contributed by atoms with van der Waals surface area (Å²) in [5.41, 5.74) is 0. The number of fused-ring (bicyclic) bond motifs is 2. The number of morpholine rings is 1. The third-order valence-corrected chi connectivity index (χ3v) is 3.75. The van der Waals surface area contributed by atoms with Gasteiger partial charge >= 0.3 is 0 Å². The number of rotatable bonds is 3. The number of piperidine rings is 1. The molecule has 3 nitrogen and oxygen atoms in total. The van der Waals surface area contributed by atoms with Crippen molar-refractivity contribution in [2.24, 2.45) is 0 Å². The third-order valence-electron chi connectivity index (χ3n) is 3.75. The van der Waals surface area contributed by atoms with Gasteiger partial charge in [-0.2, -0.15) is 0 Å². The molecule has 2 heterocycles. The monoisotopic (exact) mass is 211 g/mol. The molecular formula is C12H21NO2. The van der Waals surface area contributed by atoms with Gasteiger partial charge in [-0.05, 0) is 12.8 Å². The molecule has 2 unspecified atom stereocenters. The lowest BCUT2D eigenvalue weighted by Crippen LogP contribution is -2.60. The van der Waals surface area contributed by atoms with Crippen molar-refractivity contribution in [3.8, 4) is 0 Å². The van der Waals surface area contributed by atoms with Crippen LogP contribution in [0.3, 0.4) is 0 Å². The molecule has 2 aliphatic rings. The Kier molecular flexibility index (Phi) is 3.42. The van der Waals surface area contributed by atoms with E-state index in [1.54, 1.807) is 0 Å². The normalized spacial score (nSPS) is 32.3. The van der Waals surface area contributed by atoms with Gasteiger partial charge in [-0.15, -0.1) is 0 Å². The molecule has 0 aromatic carbocycles. The van der Waals surface area contributed by atoms with Crippen molar-refractivity contribution in [1.82, 2.24) is 4.90 Å². The molecule has 0 aromatic heterocycles. The summed E-state index contributed by atoms with van der Waals surface area (Å²) in [4.78, 5) is 14.1. The lowest BCUT2D eigenvalue weighted by atomic mass is 9.90. The van der Waals surface area contributed by atoms with Crippen molar-refractivity contribution >= 4 is 5.78 Å². The Hall–Kier alpha value is -0.410. The number of hydrogen-bond acceptors (Lipinski definition) is 3. The maximum Gasteiger partial charge on any atom is 0.136 e. The Balaban J connectivity index is 2.12. The summed E-state index contributed by atoms with van der Waals surface area (Å²) in [6.07, 6.45) is 3.76. The quantitative estimate of drug-likeness (QED) is 0.710. The molecule has 0 aliphatic carbocycles. The fourth-order valence-electron chi connectivity index (χ4n) is 3.05. The van der Waals surface area contributed by atoms with Crippen LogP contribution in [-0.2, 0) is 9.53 Å². The number of ether oxygens (including phenoxy) is 1. The highest BCUT2D eigenvalue weighted by Crippen LogP contribution is 2.29. The minimum atomic E-state index is 0.356. The minimum Gasteiger partial charge on any atom is -0.378 e. The highest BCUT2D eigenvalue weighted by atomic mass is 16.5. The zero-order chi connectivity index (χ0) is 10.8. The Morgan fingerprint density at radius 1 is 1.27 bits per heavy atom. The largest absolute Gasteiger partial charge is 0.378 e. The van der Waals surface area contributed by atoms with E-state index in [-0.39, 0.29) is 0 Å². The number of ketones is 1. The molecule has 0 N–H and O–H groups in total. The van der Waals surface area contributed by atoms with E-state index in [4.69, 9.17) is 4.74 Å². The topological polar surface area (TPSA) is 29.5 Å². The first kappa shape index (κ1) is 11.1. The second-order valence-corrected chi connectivity index (χ2v) is 4.71. The molecule has 0 aromatic rings. The van der Waals surface area contributed by atoms with Crippen LogP contribution in [0.5, 0.6) is 0 Å². The van der Waals surface area contributed by atoms with Gasteiger partial charge in [0.25, 0.3) is 0 Å². The maximum absolute atomic E-state index is 11.5. The zero-order valence-corrected chi connectivity index (χ0v) is 9.74. The van der Waals surface area contributed by atoms with Crippen LogP contribution in [0.15, 0.2) is 0 Å². The molecule has 0 amide bonds. The molecule has 2 bridgehead atoms. The van der Waals surface area contributed by atoms with E-state index in [0.717, 1.165) is 13.2 Å². The average Bonchev–Trinajstić information content (AvgIpc) is 2.20. The summed E-state index contributed by atoms with van der Waals surface area (Å²) in [6.45, 7) is 5.97. The summed E-state index contributed by atoms with van der Waals surface area (Å²) in [6, 6.07) is 1.35. The first-order chi connectivity index (χ1) is 7.26. The minimum absolute atomic E-state index is 0.356. The SMILES string of the molecule is CCC(CC)N1C2COCC1CC(=O)C2. The Morgan fingerprint density at radius 3 is 2.27 bits per heavy atom. The molecule has 2 atom stereocenters. The smallest absolute Gasteiger partial charge is 0.136 e. The summed E-state index contributed by atoms with van der Waals surface area (Å²) in [5, 5.41) is 0. The molecule has 0 radical (unpaired) electrons. The fourth-order valence-corrected chi connectivity index (χ4v) is 3.05. The van der Waals surface area contributed by atoms with E-state index >= 15 is 0 Å². The number of nitrogens with zero attached hydrogens (tertiary/aromatic N) is 1. The number of Topliss-reactive ketones (excluding diaryl/α,β-unsaturated/α-hetero) is 1. The summed E-state index contributed by atoms with van der Waals surface area (Å²) < 4.78 is 5.56. The highest BCUT2D eigenvalue weighted by molar-refractivity contribution is 5.80. The van der Waals surface area contributed by atoms with Gasteiger partial charge in [-0.3, -0.25) is 9.69 Å². The average molecular weight is 211 g/mol. The zero-order valence-electron chi connectivity index (χ0n) is 9.74. The van der Waals surface area contributed by atoms with Crippen LogP contribution in [0.2, 0.25) is 0 Å². The van der Waals surface area contributed by atoms with E-state index in [2.05, 4.69) is 18.7 Å². The second kappa shape index (κ2) is 4.62. The van der Waals surface area contributed by atoms with Crippen molar-refractivity contribution in [1.29, 1.82) is 0 Å². The number of carbonyl (C=O) groups is 1.